The van der Waals surface area contributed by atoms with Crippen LogP contribution in [0.4, 0.5) is 5.95 Å². The van der Waals surface area contributed by atoms with Crippen molar-refractivity contribution in [2.45, 2.75) is 32.4 Å². The molecule has 0 aliphatic carbocycles. The molecule has 3 rings (SSSR count). The van der Waals surface area contributed by atoms with Crippen molar-refractivity contribution in [1.29, 1.82) is 0 Å². The van der Waals surface area contributed by atoms with Crippen LogP contribution in [0, 0.1) is 5.92 Å². The summed E-state index contributed by atoms with van der Waals surface area (Å²) in [5.74, 6) is 1.54. The molecule has 3 heterocycles. The smallest absolute Gasteiger partial charge is 0.215 e. The average Bonchev–Trinajstić information content (AvgIpc) is 3.03. The minimum atomic E-state index is 0.303. The molecule has 20 heavy (non-hydrogen) atoms. The maximum atomic E-state index is 6.04. The first kappa shape index (κ1) is 13.2. The largest absolute Gasteiger partial charge is 0.481 e. The fourth-order valence-electron chi connectivity index (χ4n) is 2.88. The Balaban J connectivity index is 1.95. The van der Waals surface area contributed by atoms with Crippen LogP contribution in [0.25, 0.3) is 11.2 Å². The number of methoxy groups -OCH3 is 1. The van der Waals surface area contributed by atoms with Crippen molar-refractivity contribution in [2.75, 3.05) is 19.5 Å². The molecule has 1 aliphatic heterocycles. The third-order valence-electron chi connectivity index (χ3n) is 3.97. The predicted octanol–water partition coefficient (Wildman–Crippen LogP) is 1.84. The summed E-state index contributed by atoms with van der Waals surface area (Å²) in [7, 11) is 1.61. The van der Waals surface area contributed by atoms with Crippen molar-refractivity contribution >= 4 is 17.1 Å². The molecule has 2 unspecified atom stereocenters. The van der Waals surface area contributed by atoms with E-state index < -0.39 is 0 Å². The molecule has 0 spiro atoms. The number of aromatic nitrogens is 3. The molecule has 1 fully saturated rings. The van der Waals surface area contributed by atoms with Crippen molar-refractivity contribution in [3.63, 3.8) is 0 Å². The molecule has 0 bridgehead atoms. The van der Waals surface area contributed by atoms with Gasteiger partial charge >= 0.3 is 0 Å². The number of rotatable bonds is 4. The van der Waals surface area contributed by atoms with Gasteiger partial charge in [-0.2, -0.15) is 4.98 Å². The van der Waals surface area contributed by atoms with Crippen molar-refractivity contribution in [2.24, 2.45) is 5.92 Å². The van der Waals surface area contributed by atoms with Gasteiger partial charge in [0.1, 0.15) is 5.52 Å². The number of hydrogen-bond donors (Lipinski definition) is 1. The first-order valence-electron chi connectivity index (χ1n) is 7.01. The van der Waals surface area contributed by atoms with E-state index in [0.717, 1.165) is 37.2 Å². The van der Waals surface area contributed by atoms with Crippen LogP contribution in [0.1, 0.15) is 19.8 Å². The standard InChI is InChI=1S/C14H20N4O2/c1-3-11-9(6-7-20-11)8-18-13-10(16-14(18)15)4-5-12(17-13)19-2/h4-5,9,11H,3,6-8H2,1-2H3,(H2,15,16). The minimum absolute atomic E-state index is 0.303. The molecular formula is C14H20N4O2. The number of fused-ring (bicyclic) bond motifs is 1. The van der Waals surface area contributed by atoms with Crippen LogP contribution >= 0.6 is 0 Å². The monoisotopic (exact) mass is 276 g/mol. The van der Waals surface area contributed by atoms with E-state index >= 15 is 0 Å². The minimum Gasteiger partial charge on any atom is -0.481 e. The van der Waals surface area contributed by atoms with Gasteiger partial charge in [-0.1, -0.05) is 6.92 Å². The zero-order chi connectivity index (χ0) is 14.1. The van der Waals surface area contributed by atoms with Crippen molar-refractivity contribution in [1.82, 2.24) is 14.5 Å². The Hall–Kier alpha value is -1.82. The van der Waals surface area contributed by atoms with Crippen LogP contribution in [-0.4, -0.2) is 34.4 Å². The molecule has 2 aromatic heterocycles. The lowest BCUT2D eigenvalue weighted by atomic mass is 9.99. The van der Waals surface area contributed by atoms with Crippen LogP contribution in [0.15, 0.2) is 12.1 Å². The maximum absolute atomic E-state index is 6.04. The van der Waals surface area contributed by atoms with E-state index in [0.29, 0.717) is 23.9 Å². The molecular weight excluding hydrogens is 256 g/mol. The van der Waals surface area contributed by atoms with Crippen LogP contribution in [0.3, 0.4) is 0 Å². The third kappa shape index (κ3) is 2.20. The van der Waals surface area contributed by atoms with Gasteiger partial charge in [-0.25, -0.2) is 4.98 Å². The Morgan fingerprint density at radius 1 is 1.45 bits per heavy atom. The lowest BCUT2D eigenvalue weighted by Crippen LogP contribution is -2.21. The summed E-state index contributed by atoms with van der Waals surface area (Å²) < 4.78 is 12.9. The topological polar surface area (TPSA) is 75.2 Å². The summed E-state index contributed by atoms with van der Waals surface area (Å²) in [4.78, 5) is 8.83. The number of imidazole rings is 1. The molecule has 0 aromatic carbocycles. The van der Waals surface area contributed by atoms with Crippen LogP contribution in [-0.2, 0) is 11.3 Å². The average molecular weight is 276 g/mol. The maximum Gasteiger partial charge on any atom is 0.215 e. The fourth-order valence-corrected chi connectivity index (χ4v) is 2.88. The first-order valence-corrected chi connectivity index (χ1v) is 7.01. The molecule has 0 radical (unpaired) electrons. The molecule has 2 aromatic rings. The van der Waals surface area contributed by atoms with Gasteiger partial charge in [-0.15, -0.1) is 0 Å². The lowest BCUT2D eigenvalue weighted by Gasteiger charge is -2.18. The van der Waals surface area contributed by atoms with Gasteiger partial charge < -0.3 is 15.2 Å². The molecule has 2 N–H and O–H groups in total. The summed E-state index contributed by atoms with van der Waals surface area (Å²) in [5.41, 5.74) is 7.62. The summed E-state index contributed by atoms with van der Waals surface area (Å²) >= 11 is 0. The number of nitrogen functional groups attached to an aromatic ring is 1. The van der Waals surface area contributed by atoms with Gasteiger partial charge in [0.15, 0.2) is 5.65 Å². The Morgan fingerprint density at radius 3 is 3.05 bits per heavy atom. The molecule has 6 heteroatoms. The second-order valence-electron chi connectivity index (χ2n) is 5.14. The van der Waals surface area contributed by atoms with Crippen molar-refractivity contribution < 1.29 is 9.47 Å². The van der Waals surface area contributed by atoms with Gasteiger partial charge in [-0.05, 0) is 18.9 Å². The number of nitrogens with zero attached hydrogens (tertiary/aromatic N) is 3. The van der Waals surface area contributed by atoms with Crippen LogP contribution in [0.5, 0.6) is 5.88 Å². The highest BCUT2D eigenvalue weighted by Gasteiger charge is 2.28. The summed E-state index contributed by atoms with van der Waals surface area (Å²) in [5, 5.41) is 0. The molecule has 1 saturated heterocycles. The van der Waals surface area contributed by atoms with E-state index in [1.807, 2.05) is 10.6 Å². The van der Waals surface area contributed by atoms with E-state index in [1.54, 1.807) is 13.2 Å². The third-order valence-corrected chi connectivity index (χ3v) is 3.97. The van der Waals surface area contributed by atoms with Gasteiger partial charge in [0.2, 0.25) is 11.8 Å². The summed E-state index contributed by atoms with van der Waals surface area (Å²) in [6.07, 6.45) is 2.38. The Bertz CT molecular complexity index is 610. The summed E-state index contributed by atoms with van der Waals surface area (Å²) in [6.45, 7) is 3.77. The quantitative estimate of drug-likeness (QED) is 0.922. The van der Waals surface area contributed by atoms with Crippen LogP contribution < -0.4 is 10.5 Å². The van der Waals surface area contributed by atoms with Gasteiger partial charge in [0.25, 0.3) is 0 Å². The predicted molar refractivity (Wildman–Crippen MR) is 76.6 cm³/mol. The number of ether oxygens (including phenoxy) is 2. The number of nitrogens with two attached hydrogens (primary N) is 1. The van der Waals surface area contributed by atoms with E-state index in [9.17, 15) is 0 Å². The first-order chi connectivity index (χ1) is 9.72. The highest BCUT2D eigenvalue weighted by atomic mass is 16.5. The number of hydrogen-bond acceptors (Lipinski definition) is 5. The van der Waals surface area contributed by atoms with Crippen molar-refractivity contribution in [3.8, 4) is 5.88 Å². The van der Waals surface area contributed by atoms with E-state index in [2.05, 4.69) is 16.9 Å². The second kappa shape index (κ2) is 5.28. The molecule has 0 amide bonds. The van der Waals surface area contributed by atoms with Gasteiger partial charge in [0.05, 0.1) is 13.2 Å². The van der Waals surface area contributed by atoms with Crippen LogP contribution in [0.2, 0.25) is 0 Å². The molecule has 0 saturated carbocycles. The lowest BCUT2D eigenvalue weighted by molar-refractivity contribution is 0.0838. The number of anilines is 1. The Labute approximate surface area is 117 Å². The molecule has 2 atom stereocenters. The zero-order valence-corrected chi connectivity index (χ0v) is 11.9. The second-order valence-corrected chi connectivity index (χ2v) is 5.14. The SMILES string of the molecule is CCC1OCCC1Cn1c(N)nc2ccc(OC)nc21. The Kier molecular flexibility index (Phi) is 3.48. The highest BCUT2D eigenvalue weighted by Crippen LogP contribution is 2.28. The molecule has 1 aliphatic rings. The van der Waals surface area contributed by atoms with E-state index in [-0.39, 0.29) is 0 Å². The van der Waals surface area contributed by atoms with Gasteiger partial charge in [-0.3, -0.25) is 4.57 Å². The van der Waals surface area contributed by atoms with E-state index in [4.69, 9.17) is 15.2 Å². The molecule has 108 valence electrons. The Morgan fingerprint density at radius 2 is 2.30 bits per heavy atom. The summed E-state index contributed by atoms with van der Waals surface area (Å²) in [6, 6.07) is 3.68. The zero-order valence-electron chi connectivity index (χ0n) is 11.9. The highest BCUT2D eigenvalue weighted by molar-refractivity contribution is 5.74. The normalized spacial score (nSPS) is 22.5. The van der Waals surface area contributed by atoms with Gasteiger partial charge in [0, 0.05) is 25.1 Å². The number of pyridine rings is 1. The molecule has 6 nitrogen and oxygen atoms in total. The fraction of sp³-hybridized carbons (Fsp3) is 0.571. The van der Waals surface area contributed by atoms with Crippen molar-refractivity contribution in [3.05, 3.63) is 12.1 Å². The van der Waals surface area contributed by atoms with E-state index in [1.165, 1.54) is 0 Å².